The summed E-state index contributed by atoms with van der Waals surface area (Å²) in [5, 5.41) is 5.59. The highest BCUT2D eigenvalue weighted by Gasteiger charge is 2.27. The molecule has 10 heteroatoms. The molecule has 1 aromatic heterocycles. The van der Waals surface area contributed by atoms with Crippen LogP contribution in [0.2, 0.25) is 0 Å². The van der Waals surface area contributed by atoms with Gasteiger partial charge in [0.15, 0.2) is 10.7 Å². The molecule has 1 amide bonds. The second-order valence-corrected chi connectivity index (χ2v) is 6.68. The molecule has 0 bridgehead atoms. The zero-order valence-electron chi connectivity index (χ0n) is 10.9. The van der Waals surface area contributed by atoms with Gasteiger partial charge in [0.25, 0.3) is 0 Å². The quantitative estimate of drug-likeness (QED) is 0.653. The first-order valence-electron chi connectivity index (χ1n) is 5.49. The fourth-order valence-corrected chi connectivity index (χ4v) is 3.33. The van der Waals surface area contributed by atoms with Crippen LogP contribution in [0, 0.1) is 0 Å². The van der Waals surface area contributed by atoms with Crippen molar-refractivity contribution in [2.75, 3.05) is 38.2 Å². The van der Waals surface area contributed by atoms with Gasteiger partial charge in [-0.15, -0.1) is 0 Å². The third-order valence-electron chi connectivity index (χ3n) is 2.20. The molecule has 0 atom stereocenters. The predicted molar refractivity (Wildman–Crippen MR) is 74.6 cm³/mol. The summed E-state index contributed by atoms with van der Waals surface area (Å²) in [5.41, 5.74) is 5.58. The molecule has 0 aliphatic carbocycles. The Labute approximate surface area is 116 Å². The van der Waals surface area contributed by atoms with E-state index in [1.54, 1.807) is 6.92 Å². The van der Waals surface area contributed by atoms with Crippen molar-refractivity contribution in [3.05, 3.63) is 0 Å². The number of anilines is 2. The van der Waals surface area contributed by atoms with Crippen molar-refractivity contribution in [1.29, 1.82) is 0 Å². The lowest BCUT2D eigenvalue weighted by atomic mass is 10.5. The summed E-state index contributed by atoms with van der Waals surface area (Å²) >= 11 is 0.909. The maximum absolute atomic E-state index is 12.1. The van der Waals surface area contributed by atoms with E-state index in [2.05, 4.69) is 15.0 Å². The fourth-order valence-electron chi connectivity index (χ4n) is 1.26. The molecule has 0 aliphatic rings. The molecule has 0 fully saturated rings. The first kappa shape index (κ1) is 15.7. The lowest BCUT2D eigenvalue weighted by Crippen LogP contribution is -2.30. The van der Waals surface area contributed by atoms with Crippen molar-refractivity contribution >= 4 is 38.3 Å². The van der Waals surface area contributed by atoms with Gasteiger partial charge in [-0.25, -0.2) is 12.7 Å². The number of sulfonamides is 1. The second-order valence-electron chi connectivity index (χ2n) is 3.82. The Morgan fingerprint density at radius 3 is 2.63 bits per heavy atom. The Morgan fingerprint density at radius 1 is 1.47 bits per heavy atom. The van der Waals surface area contributed by atoms with Gasteiger partial charge in [0, 0.05) is 20.6 Å². The van der Waals surface area contributed by atoms with Crippen molar-refractivity contribution in [3.63, 3.8) is 0 Å². The van der Waals surface area contributed by atoms with Crippen LogP contribution >= 0.6 is 11.5 Å². The minimum absolute atomic E-state index is 0.0363. The van der Waals surface area contributed by atoms with Gasteiger partial charge in [0.2, 0.25) is 15.9 Å². The zero-order valence-corrected chi connectivity index (χ0v) is 12.6. The van der Waals surface area contributed by atoms with E-state index in [0.29, 0.717) is 6.54 Å². The number of nitrogen functional groups attached to an aromatic ring is 1. The van der Waals surface area contributed by atoms with Crippen LogP contribution in [-0.4, -0.2) is 50.2 Å². The summed E-state index contributed by atoms with van der Waals surface area (Å²) in [7, 11) is -0.887. The monoisotopic (exact) mass is 307 g/mol. The molecule has 19 heavy (non-hydrogen) atoms. The molecule has 1 heterocycles. The third kappa shape index (κ3) is 3.55. The summed E-state index contributed by atoms with van der Waals surface area (Å²) in [6, 6.07) is 0. The molecule has 8 nitrogen and oxygen atoms in total. The van der Waals surface area contributed by atoms with Crippen LogP contribution in [0.1, 0.15) is 6.92 Å². The van der Waals surface area contributed by atoms with Crippen LogP contribution in [0.25, 0.3) is 0 Å². The maximum atomic E-state index is 12.1. The van der Waals surface area contributed by atoms with Crippen LogP contribution < -0.4 is 16.4 Å². The summed E-state index contributed by atoms with van der Waals surface area (Å²) < 4.78 is 29.0. The molecule has 4 N–H and O–H groups in total. The standard InChI is InChI=1S/C9H17N5O3S2/c1-4-11-6(15)5-12-9-7(8(10)13-18-9)19(16,17)14(2)3/h12H,4-5H2,1-3H3,(H2,10,13)(H,11,15). The van der Waals surface area contributed by atoms with E-state index < -0.39 is 10.0 Å². The minimum Gasteiger partial charge on any atom is -0.382 e. The van der Waals surface area contributed by atoms with E-state index in [0.717, 1.165) is 15.8 Å². The number of amides is 1. The smallest absolute Gasteiger partial charge is 0.249 e. The van der Waals surface area contributed by atoms with Crippen molar-refractivity contribution in [2.45, 2.75) is 11.8 Å². The van der Waals surface area contributed by atoms with Crippen LogP contribution in [0.3, 0.4) is 0 Å². The van der Waals surface area contributed by atoms with E-state index in [-0.39, 0.29) is 28.2 Å². The molecule has 108 valence electrons. The van der Waals surface area contributed by atoms with Gasteiger partial charge in [0.1, 0.15) is 5.00 Å². The molecule has 0 radical (unpaired) electrons. The van der Waals surface area contributed by atoms with E-state index in [1.807, 2.05) is 0 Å². The molecule has 0 saturated heterocycles. The number of carbonyl (C=O) groups is 1. The van der Waals surface area contributed by atoms with Crippen LogP contribution in [0.5, 0.6) is 0 Å². The largest absolute Gasteiger partial charge is 0.382 e. The highest BCUT2D eigenvalue weighted by molar-refractivity contribution is 7.89. The van der Waals surface area contributed by atoms with Gasteiger partial charge >= 0.3 is 0 Å². The first-order chi connectivity index (χ1) is 8.80. The summed E-state index contributed by atoms with van der Waals surface area (Å²) in [4.78, 5) is 11.2. The highest BCUT2D eigenvalue weighted by atomic mass is 32.2. The third-order valence-corrected chi connectivity index (χ3v) is 5.04. The van der Waals surface area contributed by atoms with Crippen LogP contribution in [0.15, 0.2) is 4.90 Å². The van der Waals surface area contributed by atoms with Crippen molar-refractivity contribution < 1.29 is 13.2 Å². The van der Waals surface area contributed by atoms with Crippen LogP contribution in [0.4, 0.5) is 10.8 Å². The Morgan fingerprint density at radius 2 is 2.11 bits per heavy atom. The number of nitrogens with two attached hydrogens (primary N) is 1. The molecule has 0 aliphatic heterocycles. The van der Waals surface area contributed by atoms with E-state index in [4.69, 9.17) is 5.73 Å². The minimum atomic E-state index is -3.69. The normalized spacial score (nSPS) is 11.6. The summed E-state index contributed by atoms with van der Waals surface area (Å²) in [6.45, 7) is 2.27. The van der Waals surface area contributed by atoms with Gasteiger partial charge in [0.05, 0.1) is 6.54 Å². The van der Waals surface area contributed by atoms with Crippen molar-refractivity contribution in [1.82, 2.24) is 14.0 Å². The average molecular weight is 307 g/mol. The number of carbonyl (C=O) groups excluding carboxylic acids is 1. The summed E-state index contributed by atoms with van der Waals surface area (Å²) in [5.74, 6) is -0.306. The van der Waals surface area contributed by atoms with Crippen molar-refractivity contribution in [3.8, 4) is 0 Å². The maximum Gasteiger partial charge on any atom is 0.249 e. The van der Waals surface area contributed by atoms with Gasteiger partial charge < -0.3 is 16.4 Å². The predicted octanol–water partition coefficient (Wildman–Crippen LogP) is -0.476. The average Bonchev–Trinajstić information content (AvgIpc) is 2.68. The molecule has 0 saturated carbocycles. The van der Waals surface area contributed by atoms with E-state index >= 15 is 0 Å². The molecule has 1 aromatic rings. The molecular weight excluding hydrogens is 290 g/mol. The first-order valence-corrected chi connectivity index (χ1v) is 7.70. The van der Waals surface area contributed by atoms with E-state index in [1.165, 1.54) is 14.1 Å². The van der Waals surface area contributed by atoms with Gasteiger partial charge in [-0.1, -0.05) is 0 Å². The molecule has 1 rings (SSSR count). The summed E-state index contributed by atoms with van der Waals surface area (Å²) in [6.07, 6.45) is 0. The lowest BCUT2D eigenvalue weighted by molar-refractivity contribution is -0.119. The molecule has 0 unspecified atom stereocenters. The van der Waals surface area contributed by atoms with Crippen molar-refractivity contribution in [2.24, 2.45) is 0 Å². The Kier molecular flexibility index (Phi) is 5.09. The Bertz CT molecular complexity index is 552. The Balaban J connectivity index is 2.96. The van der Waals surface area contributed by atoms with Crippen LogP contribution in [-0.2, 0) is 14.8 Å². The number of hydrogen-bond donors (Lipinski definition) is 3. The highest BCUT2D eigenvalue weighted by Crippen LogP contribution is 2.32. The van der Waals surface area contributed by atoms with Gasteiger partial charge in [-0.05, 0) is 18.5 Å². The number of nitrogens with one attached hydrogen (secondary N) is 2. The molecule has 0 spiro atoms. The van der Waals surface area contributed by atoms with Gasteiger partial charge in [-0.3, -0.25) is 4.79 Å². The number of likely N-dealkylation sites (N-methyl/N-ethyl adjacent to an activating group) is 1. The van der Waals surface area contributed by atoms with E-state index in [9.17, 15) is 13.2 Å². The molecule has 0 aromatic carbocycles. The van der Waals surface area contributed by atoms with Gasteiger partial charge in [-0.2, -0.15) is 4.37 Å². The second kappa shape index (κ2) is 6.17. The number of rotatable bonds is 6. The number of hydrogen-bond acceptors (Lipinski definition) is 7. The topological polar surface area (TPSA) is 117 Å². The zero-order chi connectivity index (χ0) is 14.6. The lowest BCUT2D eigenvalue weighted by Gasteiger charge is -2.12. The number of aromatic nitrogens is 1. The number of nitrogens with zero attached hydrogens (tertiary/aromatic N) is 2. The fraction of sp³-hybridized carbons (Fsp3) is 0.556. The molecular formula is C9H17N5O3S2. The Hall–Kier alpha value is -1.39. The SMILES string of the molecule is CCNC(=O)CNc1snc(N)c1S(=O)(=O)N(C)C.